The summed E-state index contributed by atoms with van der Waals surface area (Å²) in [5.74, 6) is 0.928. The van der Waals surface area contributed by atoms with Crippen LogP contribution in [-0.2, 0) is 4.79 Å². The number of nitrogens with zero attached hydrogens (tertiary/aromatic N) is 5. The van der Waals surface area contributed by atoms with Crippen molar-refractivity contribution in [2.24, 2.45) is 0 Å². The number of hydrogen-bond donors (Lipinski definition) is 2. The van der Waals surface area contributed by atoms with E-state index in [0.717, 1.165) is 36.5 Å². The molecule has 0 radical (unpaired) electrons. The molecule has 8 heteroatoms. The van der Waals surface area contributed by atoms with Gasteiger partial charge in [0, 0.05) is 23.1 Å². The summed E-state index contributed by atoms with van der Waals surface area (Å²) in [6.07, 6.45) is 1.80. The van der Waals surface area contributed by atoms with Crippen LogP contribution in [0.5, 0.6) is 0 Å². The Balaban J connectivity index is 1.86. The molecule has 2 N–H and O–H groups in total. The van der Waals surface area contributed by atoms with Crippen molar-refractivity contribution in [1.82, 2.24) is 24.8 Å². The summed E-state index contributed by atoms with van der Waals surface area (Å²) < 4.78 is 0. The highest BCUT2D eigenvalue weighted by molar-refractivity contribution is 5.69. The summed E-state index contributed by atoms with van der Waals surface area (Å²) in [7, 11) is 0. The molecule has 25 heavy (non-hydrogen) atoms. The molecular formula is C17H22N6O2. The number of carboxylic acid groups (broad SMARTS) is 1. The first kappa shape index (κ1) is 17.2. The molecule has 0 spiro atoms. The number of aromatic nitrogens is 4. The van der Waals surface area contributed by atoms with Crippen LogP contribution in [0.3, 0.4) is 0 Å². The molecule has 1 unspecified atom stereocenters. The average molecular weight is 342 g/mol. The topological polar surface area (TPSA) is 104 Å². The van der Waals surface area contributed by atoms with Crippen LogP contribution in [0.4, 0.5) is 11.8 Å². The van der Waals surface area contributed by atoms with Gasteiger partial charge in [-0.3, -0.25) is 9.69 Å². The van der Waals surface area contributed by atoms with Crippen molar-refractivity contribution in [3.63, 3.8) is 0 Å². The molecule has 1 saturated heterocycles. The number of aryl methyl sites for hydroxylation is 3. The van der Waals surface area contributed by atoms with E-state index in [1.165, 1.54) is 0 Å². The normalized spacial score (nSPS) is 17.6. The summed E-state index contributed by atoms with van der Waals surface area (Å²) >= 11 is 0. The molecule has 3 heterocycles. The van der Waals surface area contributed by atoms with E-state index in [4.69, 9.17) is 5.11 Å². The summed E-state index contributed by atoms with van der Waals surface area (Å²) in [6, 6.07) is 3.67. The first-order valence-corrected chi connectivity index (χ1v) is 8.31. The zero-order valence-electron chi connectivity index (χ0n) is 14.7. The van der Waals surface area contributed by atoms with Crippen molar-refractivity contribution in [3.05, 3.63) is 35.0 Å². The summed E-state index contributed by atoms with van der Waals surface area (Å²) in [5, 5.41) is 12.2. The van der Waals surface area contributed by atoms with E-state index in [1.807, 2.05) is 37.8 Å². The lowest BCUT2D eigenvalue weighted by molar-refractivity contribution is -0.138. The molecule has 1 fully saturated rings. The summed E-state index contributed by atoms with van der Waals surface area (Å²) in [5.41, 5.74) is 2.58. The third-order valence-electron chi connectivity index (χ3n) is 4.09. The number of hydrogen-bond acceptors (Lipinski definition) is 7. The highest BCUT2D eigenvalue weighted by atomic mass is 16.4. The van der Waals surface area contributed by atoms with Gasteiger partial charge in [-0.05, 0) is 46.2 Å². The van der Waals surface area contributed by atoms with Gasteiger partial charge in [0.15, 0.2) is 0 Å². The molecule has 0 aliphatic carbocycles. The molecule has 2 aromatic heterocycles. The Labute approximate surface area is 146 Å². The van der Waals surface area contributed by atoms with E-state index in [9.17, 15) is 4.79 Å². The number of rotatable bonds is 5. The number of carbonyl (C=O) groups is 1. The SMILES string of the molecule is Cc1cc(C)nc(Nc2cc(C)nc(C3CCCN3CC(=O)O)n2)n1. The van der Waals surface area contributed by atoms with Gasteiger partial charge in [-0.25, -0.2) is 19.9 Å². The first-order chi connectivity index (χ1) is 11.9. The Hall–Kier alpha value is -2.61. The maximum atomic E-state index is 11.1. The zero-order valence-corrected chi connectivity index (χ0v) is 14.7. The van der Waals surface area contributed by atoms with Crippen LogP contribution in [0.1, 0.15) is 41.8 Å². The Bertz CT molecular complexity index is 774. The molecular weight excluding hydrogens is 320 g/mol. The lowest BCUT2D eigenvalue weighted by Gasteiger charge is -2.21. The molecule has 3 rings (SSSR count). The van der Waals surface area contributed by atoms with Gasteiger partial charge in [0.05, 0.1) is 12.6 Å². The number of anilines is 2. The molecule has 1 aliphatic heterocycles. The van der Waals surface area contributed by atoms with Gasteiger partial charge < -0.3 is 10.4 Å². The van der Waals surface area contributed by atoms with Gasteiger partial charge in [0.2, 0.25) is 5.95 Å². The quantitative estimate of drug-likeness (QED) is 0.852. The van der Waals surface area contributed by atoms with Gasteiger partial charge in [0.25, 0.3) is 0 Å². The molecule has 1 aliphatic rings. The van der Waals surface area contributed by atoms with Gasteiger partial charge in [-0.15, -0.1) is 0 Å². The Morgan fingerprint density at radius 1 is 1.16 bits per heavy atom. The van der Waals surface area contributed by atoms with E-state index in [1.54, 1.807) is 0 Å². The fraction of sp³-hybridized carbons (Fsp3) is 0.471. The highest BCUT2D eigenvalue weighted by Crippen LogP contribution is 2.30. The summed E-state index contributed by atoms with van der Waals surface area (Å²) in [4.78, 5) is 30.8. The molecule has 1 atom stereocenters. The maximum absolute atomic E-state index is 11.1. The fourth-order valence-electron chi connectivity index (χ4n) is 3.18. The smallest absolute Gasteiger partial charge is 0.317 e. The van der Waals surface area contributed by atoms with Crippen molar-refractivity contribution >= 4 is 17.7 Å². The fourth-order valence-corrected chi connectivity index (χ4v) is 3.18. The van der Waals surface area contributed by atoms with Gasteiger partial charge >= 0.3 is 5.97 Å². The van der Waals surface area contributed by atoms with Crippen LogP contribution in [0, 0.1) is 20.8 Å². The Morgan fingerprint density at radius 3 is 2.52 bits per heavy atom. The van der Waals surface area contributed by atoms with Crippen molar-refractivity contribution < 1.29 is 9.90 Å². The molecule has 2 aromatic rings. The second kappa shape index (κ2) is 7.10. The molecule has 0 aromatic carbocycles. The standard InChI is InChI=1S/C17H22N6O2/c1-10-7-11(2)20-17(19-10)22-14-8-12(3)18-16(21-14)13-5-4-6-23(13)9-15(24)25/h7-8,13H,4-6,9H2,1-3H3,(H,24,25)(H,18,19,20,21,22). The number of carboxylic acids is 1. The molecule has 0 bridgehead atoms. The maximum Gasteiger partial charge on any atom is 0.317 e. The van der Waals surface area contributed by atoms with Crippen LogP contribution >= 0.6 is 0 Å². The number of likely N-dealkylation sites (tertiary alicyclic amines) is 1. The second-order valence-corrected chi connectivity index (χ2v) is 6.37. The van der Waals surface area contributed by atoms with Crippen LogP contribution in [0.25, 0.3) is 0 Å². The van der Waals surface area contributed by atoms with Crippen LogP contribution in [0.2, 0.25) is 0 Å². The van der Waals surface area contributed by atoms with E-state index in [0.29, 0.717) is 17.6 Å². The van der Waals surface area contributed by atoms with Crippen LogP contribution in [-0.4, -0.2) is 49.0 Å². The Kier molecular flexibility index (Phi) is 4.89. The largest absolute Gasteiger partial charge is 0.480 e. The third-order valence-corrected chi connectivity index (χ3v) is 4.09. The average Bonchev–Trinajstić information content (AvgIpc) is 2.92. The van der Waals surface area contributed by atoms with Crippen LogP contribution < -0.4 is 5.32 Å². The van der Waals surface area contributed by atoms with Crippen molar-refractivity contribution in [2.75, 3.05) is 18.4 Å². The van der Waals surface area contributed by atoms with E-state index in [-0.39, 0.29) is 12.6 Å². The second-order valence-electron chi connectivity index (χ2n) is 6.37. The highest BCUT2D eigenvalue weighted by Gasteiger charge is 2.30. The molecule has 0 amide bonds. The van der Waals surface area contributed by atoms with Gasteiger partial charge in [0.1, 0.15) is 11.6 Å². The van der Waals surface area contributed by atoms with Crippen molar-refractivity contribution in [1.29, 1.82) is 0 Å². The van der Waals surface area contributed by atoms with E-state index >= 15 is 0 Å². The predicted octanol–water partition coefficient (Wildman–Crippen LogP) is 2.16. The minimum absolute atomic E-state index is 0.00488. The number of aliphatic carboxylic acids is 1. The lowest BCUT2D eigenvalue weighted by Crippen LogP contribution is -2.30. The van der Waals surface area contributed by atoms with Gasteiger partial charge in [-0.1, -0.05) is 0 Å². The minimum Gasteiger partial charge on any atom is -0.480 e. The summed E-state index contributed by atoms with van der Waals surface area (Å²) in [6.45, 7) is 6.48. The third kappa shape index (κ3) is 4.27. The lowest BCUT2D eigenvalue weighted by atomic mass is 10.2. The van der Waals surface area contributed by atoms with E-state index in [2.05, 4.69) is 25.3 Å². The molecule has 132 valence electrons. The Morgan fingerprint density at radius 2 is 1.84 bits per heavy atom. The predicted molar refractivity (Wildman–Crippen MR) is 92.7 cm³/mol. The monoisotopic (exact) mass is 342 g/mol. The van der Waals surface area contributed by atoms with Crippen LogP contribution in [0.15, 0.2) is 12.1 Å². The van der Waals surface area contributed by atoms with Crippen molar-refractivity contribution in [3.8, 4) is 0 Å². The first-order valence-electron chi connectivity index (χ1n) is 8.31. The molecule has 0 saturated carbocycles. The molecule has 8 nitrogen and oxygen atoms in total. The van der Waals surface area contributed by atoms with Crippen molar-refractivity contribution in [2.45, 2.75) is 39.7 Å². The van der Waals surface area contributed by atoms with Gasteiger partial charge in [-0.2, -0.15) is 0 Å². The minimum atomic E-state index is -0.832. The zero-order chi connectivity index (χ0) is 18.0. The number of nitrogens with one attached hydrogen (secondary N) is 1. The van der Waals surface area contributed by atoms with E-state index < -0.39 is 5.97 Å².